The van der Waals surface area contributed by atoms with E-state index in [-0.39, 0.29) is 6.61 Å². The van der Waals surface area contributed by atoms with E-state index < -0.39 is 74.6 Å². The van der Waals surface area contributed by atoms with Crippen LogP contribution in [0.25, 0.3) is 0 Å². The summed E-state index contributed by atoms with van der Waals surface area (Å²) in [5.74, 6) is 0. The Labute approximate surface area is 173 Å². The molecule has 2 aliphatic heterocycles. The third-order valence-electron chi connectivity index (χ3n) is 5.30. The fraction of sp³-hybridized carbons (Fsp3) is 0.684. The minimum atomic E-state index is -1.67. The molecule has 30 heavy (non-hydrogen) atoms. The Morgan fingerprint density at radius 2 is 1.43 bits per heavy atom. The summed E-state index contributed by atoms with van der Waals surface area (Å²) in [6.07, 6.45) is -12.3. The number of benzene rings is 1. The fourth-order valence-corrected chi connectivity index (χ4v) is 3.49. The molecule has 2 heterocycles. The van der Waals surface area contributed by atoms with Gasteiger partial charge in [0.1, 0.15) is 42.7 Å². The maximum Gasteiger partial charge on any atom is 0.187 e. The van der Waals surface area contributed by atoms with Crippen LogP contribution in [0.15, 0.2) is 30.3 Å². The molecule has 0 unspecified atom stereocenters. The number of aliphatic hydroxyl groups is 6. The van der Waals surface area contributed by atoms with Crippen LogP contribution in [0, 0.1) is 0 Å². The molecule has 0 saturated carbocycles. The Morgan fingerprint density at radius 3 is 2.07 bits per heavy atom. The lowest BCUT2D eigenvalue weighted by Gasteiger charge is -2.46. The molecule has 2 saturated heterocycles. The molecule has 1 aromatic carbocycles. The van der Waals surface area contributed by atoms with Gasteiger partial charge in [-0.2, -0.15) is 0 Å². The van der Waals surface area contributed by atoms with Gasteiger partial charge in [0, 0.05) is 0 Å². The molecule has 11 nitrogen and oxygen atoms in total. The first-order valence-corrected chi connectivity index (χ1v) is 9.68. The molecule has 0 aliphatic carbocycles. The van der Waals surface area contributed by atoms with E-state index in [9.17, 15) is 30.6 Å². The molecule has 10 atom stereocenters. The van der Waals surface area contributed by atoms with Crippen LogP contribution >= 0.6 is 0 Å². The molecule has 11 heteroatoms. The number of hydrogen-bond donors (Lipinski definition) is 7. The summed E-state index contributed by atoms with van der Waals surface area (Å²) in [6, 6.07) is 8.19. The van der Waals surface area contributed by atoms with Gasteiger partial charge in [-0.05, 0) is 5.56 Å². The predicted octanol–water partition coefficient (Wildman–Crippen LogP) is -3.21. The largest absolute Gasteiger partial charge is 0.394 e. The van der Waals surface area contributed by atoms with Crippen molar-refractivity contribution in [2.24, 2.45) is 5.73 Å². The molecule has 0 bridgehead atoms. The highest BCUT2D eigenvalue weighted by Crippen LogP contribution is 2.29. The van der Waals surface area contributed by atoms with Crippen molar-refractivity contribution in [2.45, 2.75) is 68.0 Å². The van der Waals surface area contributed by atoms with E-state index >= 15 is 0 Å². The average Bonchev–Trinajstić information content (AvgIpc) is 2.77. The van der Waals surface area contributed by atoms with E-state index in [0.717, 1.165) is 5.56 Å². The van der Waals surface area contributed by atoms with Crippen LogP contribution in [0.2, 0.25) is 0 Å². The molecular weight excluding hydrogens is 402 g/mol. The van der Waals surface area contributed by atoms with Crippen molar-refractivity contribution in [1.29, 1.82) is 0 Å². The molecular formula is C19H29NO10. The molecule has 0 spiro atoms. The Morgan fingerprint density at radius 1 is 0.800 bits per heavy atom. The van der Waals surface area contributed by atoms with E-state index in [1.54, 1.807) is 0 Å². The second-order valence-corrected chi connectivity index (χ2v) is 7.39. The molecule has 0 amide bonds. The van der Waals surface area contributed by atoms with E-state index in [1.165, 1.54) is 0 Å². The normalized spacial score (nSPS) is 42.2. The second kappa shape index (κ2) is 10.4. The smallest absolute Gasteiger partial charge is 0.187 e. The number of ether oxygens (including phenoxy) is 4. The molecule has 0 radical (unpaired) electrons. The standard InChI is InChI=1S/C19H29NO10/c20-12-14(24)17(30-19-16(26)15(25)13(23)10(6-21)28-19)11(7-22)29-18(12)27-8-9-4-2-1-3-5-9/h1-5,10-19,21-26H,6-8,20H2/t10-,11-,12-,13-,14-,15+,16-,17-,18-,19+/m1/s1. The van der Waals surface area contributed by atoms with Gasteiger partial charge < -0.3 is 55.3 Å². The summed E-state index contributed by atoms with van der Waals surface area (Å²) in [7, 11) is 0. The third-order valence-corrected chi connectivity index (χ3v) is 5.30. The van der Waals surface area contributed by atoms with Crippen molar-refractivity contribution in [2.75, 3.05) is 13.2 Å². The minimum absolute atomic E-state index is 0.169. The molecule has 8 N–H and O–H groups in total. The van der Waals surface area contributed by atoms with E-state index in [1.807, 2.05) is 30.3 Å². The number of hydrogen-bond acceptors (Lipinski definition) is 11. The zero-order valence-electron chi connectivity index (χ0n) is 16.2. The molecule has 2 aliphatic rings. The Hall–Kier alpha value is -1.22. The highest BCUT2D eigenvalue weighted by Gasteiger charge is 2.50. The van der Waals surface area contributed by atoms with Crippen molar-refractivity contribution in [3.05, 3.63) is 35.9 Å². The molecule has 0 aromatic heterocycles. The Kier molecular flexibility index (Phi) is 8.12. The van der Waals surface area contributed by atoms with E-state index in [0.29, 0.717) is 0 Å². The maximum atomic E-state index is 10.6. The first-order valence-electron chi connectivity index (χ1n) is 9.68. The van der Waals surface area contributed by atoms with Crippen molar-refractivity contribution >= 4 is 0 Å². The van der Waals surface area contributed by atoms with Gasteiger partial charge in [-0.25, -0.2) is 0 Å². The van der Waals surface area contributed by atoms with Crippen molar-refractivity contribution in [3.8, 4) is 0 Å². The quantitative estimate of drug-likeness (QED) is 0.231. The lowest BCUT2D eigenvalue weighted by molar-refractivity contribution is -0.347. The van der Waals surface area contributed by atoms with Crippen LogP contribution in [0.5, 0.6) is 0 Å². The van der Waals surface area contributed by atoms with Gasteiger partial charge in [-0.3, -0.25) is 0 Å². The molecule has 2 fully saturated rings. The zero-order valence-corrected chi connectivity index (χ0v) is 16.2. The first kappa shape index (κ1) is 23.4. The van der Waals surface area contributed by atoms with Crippen LogP contribution in [-0.2, 0) is 25.6 Å². The Bertz CT molecular complexity index is 647. The summed E-state index contributed by atoms with van der Waals surface area (Å²) in [5.41, 5.74) is 6.91. The number of nitrogens with two attached hydrogens (primary N) is 1. The first-order chi connectivity index (χ1) is 14.4. The van der Waals surface area contributed by atoms with Gasteiger partial charge >= 0.3 is 0 Å². The van der Waals surface area contributed by atoms with Crippen LogP contribution < -0.4 is 5.73 Å². The molecule has 1 aromatic rings. The van der Waals surface area contributed by atoms with Crippen LogP contribution in [-0.4, -0.2) is 105 Å². The van der Waals surface area contributed by atoms with Gasteiger partial charge in [-0.15, -0.1) is 0 Å². The average molecular weight is 431 g/mol. The van der Waals surface area contributed by atoms with E-state index in [2.05, 4.69) is 0 Å². The minimum Gasteiger partial charge on any atom is -0.394 e. The number of aliphatic hydroxyl groups excluding tert-OH is 6. The lowest BCUT2D eigenvalue weighted by atomic mass is 9.96. The second-order valence-electron chi connectivity index (χ2n) is 7.39. The van der Waals surface area contributed by atoms with Crippen molar-refractivity contribution < 1.29 is 49.6 Å². The molecule has 170 valence electrons. The van der Waals surface area contributed by atoms with Gasteiger partial charge in [-0.1, -0.05) is 30.3 Å². The monoisotopic (exact) mass is 431 g/mol. The van der Waals surface area contributed by atoms with Crippen molar-refractivity contribution in [1.82, 2.24) is 0 Å². The van der Waals surface area contributed by atoms with Gasteiger partial charge in [0.25, 0.3) is 0 Å². The van der Waals surface area contributed by atoms with Gasteiger partial charge in [0.2, 0.25) is 0 Å². The van der Waals surface area contributed by atoms with Crippen LogP contribution in [0.4, 0.5) is 0 Å². The topological polar surface area (TPSA) is 184 Å². The summed E-state index contributed by atoms with van der Waals surface area (Å²) in [6.45, 7) is -1.02. The number of rotatable bonds is 7. The van der Waals surface area contributed by atoms with E-state index in [4.69, 9.17) is 24.7 Å². The molecule has 3 rings (SSSR count). The summed E-state index contributed by atoms with van der Waals surface area (Å²) in [4.78, 5) is 0. The highest BCUT2D eigenvalue weighted by molar-refractivity contribution is 5.13. The van der Waals surface area contributed by atoms with Gasteiger partial charge in [0.05, 0.1) is 25.9 Å². The van der Waals surface area contributed by atoms with Crippen LogP contribution in [0.3, 0.4) is 0 Å². The SMILES string of the molecule is N[C@H]1[C@H](OCc2ccccc2)O[C@H](CO)[C@@H](O[C@@H]2O[C@H](CO)[C@@H](O)[C@H](O)[C@H]2O)[C@@H]1O. The van der Waals surface area contributed by atoms with Crippen LogP contribution in [0.1, 0.15) is 5.56 Å². The third kappa shape index (κ3) is 4.98. The Balaban J connectivity index is 1.66. The van der Waals surface area contributed by atoms with Crippen molar-refractivity contribution in [3.63, 3.8) is 0 Å². The summed E-state index contributed by atoms with van der Waals surface area (Å²) in [5, 5.41) is 59.5. The maximum absolute atomic E-state index is 10.6. The van der Waals surface area contributed by atoms with Gasteiger partial charge in [0.15, 0.2) is 12.6 Å². The summed E-state index contributed by atoms with van der Waals surface area (Å²) < 4.78 is 22.2. The fourth-order valence-electron chi connectivity index (χ4n) is 3.49. The highest BCUT2D eigenvalue weighted by atomic mass is 16.7. The summed E-state index contributed by atoms with van der Waals surface area (Å²) >= 11 is 0. The lowest BCUT2D eigenvalue weighted by Crippen LogP contribution is -2.66. The predicted molar refractivity (Wildman–Crippen MR) is 99.6 cm³/mol. The zero-order chi connectivity index (χ0) is 21.8.